The Labute approximate surface area is 130 Å². The summed E-state index contributed by atoms with van der Waals surface area (Å²) in [4.78, 5) is 34.8. The fourth-order valence-electron chi connectivity index (χ4n) is 1.50. The number of hydrogen-bond donors (Lipinski definition) is 2. The molecule has 21 heavy (non-hydrogen) atoms. The van der Waals surface area contributed by atoms with Crippen LogP contribution >= 0.6 is 23.4 Å². The smallest absolute Gasteiger partial charge is 0.323 e. The van der Waals surface area contributed by atoms with Crippen LogP contribution in [0.4, 0.5) is 0 Å². The third-order valence-corrected chi connectivity index (χ3v) is 3.67. The van der Waals surface area contributed by atoms with Gasteiger partial charge in [-0.15, -0.1) is 11.8 Å². The third kappa shape index (κ3) is 7.01. The third-order valence-electron chi connectivity index (χ3n) is 2.40. The van der Waals surface area contributed by atoms with Crippen molar-refractivity contribution >= 4 is 41.2 Å². The SMILES string of the molecule is O=C(O)CN(CC(=O)O)C(=O)CCSc1ccc(Cl)cc1. The van der Waals surface area contributed by atoms with Crippen molar-refractivity contribution in [1.82, 2.24) is 4.90 Å². The van der Waals surface area contributed by atoms with Crippen molar-refractivity contribution in [1.29, 1.82) is 0 Å². The van der Waals surface area contributed by atoms with Gasteiger partial charge in [-0.25, -0.2) is 0 Å². The first-order valence-electron chi connectivity index (χ1n) is 5.98. The molecule has 0 fully saturated rings. The number of aliphatic carboxylic acids is 2. The average molecular weight is 332 g/mol. The predicted molar refractivity (Wildman–Crippen MR) is 78.6 cm³/mol. The Morgan fingerprint density at radius 1 is 1.05 bits per heavy atom. The molecule has 0 aromatic heterocycles. The Balaban J connectivity index is 2.47. The molecule has 1 aromatic rings. The van der Waals surface area contributed by atoms with Gasteiger partial charge in [0.05, 0.1) is 0 Å². The monoisotopic (exact) mass is 331 g/mol. The number of halogens is 1. The van der Waals surface area contributed by atoms with Gasteiger partial charge in [-0.3, -0.25) is 14.4 Å². The van der Waals surface area contributed by atoms with Gasteiger partial charge in [0.1, 0.15) is 13.1 Å². The van der Waals surface area contributed by atoms with Crippen molar-refractivity contribution < 1.29 is 24.6 Å². The number of rotatable bonds is 8. The van der Waals surface area contributed by atoms with Crippen molar-refractivity contribution in [2.45, 2.75) is 11.3 Å². The van der Waals surface area contributed by atoms with Gasteiger partial charge in [-0.2, -0.15) is 0 Å². The molecular formula is C13H14ClNO5S. The molecule has 0 aliphatic rings. The van der Waals surface area contributed by atoms with Gasteiger partial charge in [0, 0.05) is 22.1 Å². The zero-order valence-electron chi connectivity index (χ0n) is 11.0. The van der Waals surface area contributed by atoms with Crippen LogP contribution in [0.25, 0.3) is 0 Å². The zero-order chi connectivity index (χ0) is 15.8. The fraction of sp³-hybridized carbons (Fsp3) is 0.308. The minimum absolute atomic E-state index is 0.0633. The van der Waals surface area contributed by atoms with Gasteiger partial charge in [0.25, 0.3) is 0 Å². The largest absolute Gasteiger partial charge is 0.480 e. The molecule has 0 saturated heterocycles. The van der Waals surface area contributed by atoms with Crippen LogP contribution in [0.2, 0.25) is 5.02 Å². The first-order chi connectivity index (χ1) is 9.88. The molecule has 2 N–H and O–H groups in total. The average Bonchev–Trinajstić information content (AvgIpc) is 2.39. The molecule has 0 heterocycles. The lowest BCUT2D eigenvalue weighted by atomic mass is 10.3. The van der Waals surface area contributed by atoms with Crippen molar-refractivity contribution in [3.8, 4) is 0 Å². The summed E-state index contributed by atoms with van der Waals surface area (Å²) in [5.41, 5.74) is 0. The van der Waals surface area contributed by atoms with Crippen molar-refractivity contribution in [2.75, 3.05) is 18.8 Å². The Morgan fingerprint density at radius 3 is 2.05 bits per heavy atom. The molecule has 1 rings (SSSR count). The van der Waals surface area contributed by atoms with E-state index in [1.165, 1.54) is 11.8 Å². The molecule has 1 amide bonds. The van der Waals surface area contributed by atoms with Crippen LogP contribution in [-0.4, -0.2) is 51.8 Å². The Kier molecular flexibility index (Phi) is 7.04. The number of hydrogen-bond acceptors (Lipinski definition) is 4. The summed E-state index contributed by atoms with van der Waals surface area (Å²) in [6, 6.07) is 7.08. The van der Waals surface area contributed by atoms with E-state index in [1.807, 2.05) is 12.1 Å². The summed E-state index contributed by atoms with van der Waals surface area (Å²) in [7, 11) is 0. The molecule has 0 spiro atoms. The standard InChI is InChI=1S/C13H14ClNO5S/c14-9-1-3-10(4-2-9)21-6-5-11(16)15(7-12(17)18)8-13(19)20/h1-4H,5-8H2,(H,17,18)(H,19,20). The second-order valence-corrected chi connectivity index (χ2v) is 5.69. The molecule has 0 bridgehead atoms. The van der Waals surface area contributed by atoms with Gasteiger partial charge in [0.15, 0.2) is 0 Å². The number of carboxylic acid groups (broad SMARTS) is 2. The minimum Gasteiger partial charge on any atom is -0.480 e. The molecule has 114 valence electrons. The lowest BCUT2D eigenvalue weighted by molar-refractivity contribution is -0.149. The normalized spacial score (nSPS) is 10.1. The number of nitrogens with zero attached hydrogens (tertiary/aromatic N) is 1. The molecular weight excluding hydrogens is 318 g/mol. The van der Waals surface area contributed by atoms with E-state index < -0.39 is 30.9 Å². The highest BCUT2D eigenvalue weighted by Crippen LogP contribution is 2.21. The van der Waals surface area contributed by atoms with Crippen LogP contribution in [0.5, 0.6) is 0 Å². The molecule has 8 heteroatoms. The number of carboxylic acids is 2. The van der Waals surface area contributed by atoms with Gasteiger partial charge >= 0.3 is 11.9 Å². The van der Waals surface area contributed by atoms with E-state index in [0.717, 1.165) is 9.80 Å². The number of carbonyl (C=O) groups excluding carboxylic acids is 1. The molecule has 0 saturated carbocycles. The maximum atomic E-state index is 11.8. The van der Waals surface area contributed by atoms with E-state index in [-0.39, 0.29) is 6.42 Å². The highest BCUT2D eigenvalue weighted by atomic mass is 35.5. The van der Waals surface area contributed by atoms with Crippen LogP contribution in [0.15, 0.2) is 29.2 Å². The fourth-order valence-corrected chi connectivity index (χ4v) is 2.47. The number of amides is 1. The Bertz CT molecular complexity index is 504. The summed E-state index contributed by atoms with van der Waals surface area (Å²) >= 11 is 7.16. The van der Waals surface area contributed by atoms with Gasteiger partial charge < -0.3 is 15.1 Å². The molecule has 0 aliphatic carbocycles. The second-order valence-electron chi connectivity index (χ2n) is 4.09. The first kappa shape index (κ1) is 17.3. The second kappa shape index (κ2) is 8.53. The van der Waals surface area contributed by atoms with E-state index in [4.69, 9.17) is 21.8 Å². The molecule has 0 aliphatic heterocycles. The highest BCUT2D eigenvalue weighted by molar-refractivity contribution is 7.99. The van der Waals surface area contributed by atoms with Crippen LogP contribution in [0, 0.1) is 0 Å². The topological polar surface area (TPSA) is 94.9 Å². The van der Waals surface area contributed by atoms with Crippen LogP contribution in [0.3, 0.4) is 0 Å². The molecule has 6 nitrogen and oxygen atoms in total. The predicted octanol–water partition coefficient (Wildman–Crippen LogP) is 1.82. The number of benzene rings is 1. The quantitative estimate of drug-likeness (QED) is 0.705. The summed E-state index contributed by atoms with van der Waals surface area (Å²) in [5, 5.41) is 18.0. The number of carbonyl (C=O) groups is 3. The Morgan fingerprint density at radius 2 is 1.57 bits per heavy atom. The van der Waals surface area contributed by atoms with Crippen LogP contribution in [-0.2, 0) is 14.4 Å². The van der Waals surface area contributed by atoms with Crippen molar-refractivity contribution in [2.24, 2.45) is 0 Å². The summed E-state index contributed by atoms with van der Waals surface area (Å²) in [6.07, 6.45) is 0.0633. The maximum Gasteiger partial charge on any atom is 0.323 e. The van der Waals surface area contributed by atoms with E-state index in [1.54, 1.807) is 12.1 Å². The first-order valence-corrected chi connectivity index (χ1v) is 7.34. The molecule has 0 unspecified atom stereocenters. The molecule has 0 atom stereocenters. The summed E-state index contributed by atoms with van der Waals surface area (Å²) in [5.74, 6) is -2.55. The lowest BCUT2D eigenvalue weighted by Crippen LogP contribution is -2.39. The van der Waals surface area contributed by atoms with E-state index in [0.29, 0.717) is 10.8 Å². The van der Waals surface area contributed by atoms with E-state index >= 15 is 0 Å². The highest BCUT2D eigenvalue weighted by Gasteiger charge is 2.19. The maximum absolute atomic E-state index is 11.8. The van der Waals surface area contributed by atoms with Crippen molar-refractivity contribution in [3.05, 3.63) is 29.3 Å². The van der Waals surface area contributed by atoms with Crippen molar-refractivity contribution in [3.63, 3.8) is 0 Å². The zero-order valence-corrected chi connectivity index (χ0v) is 12.6. The summed E-state index contributed by atoms with van der Waals surface area (Å²) in [6.45, 7) is -1.23. The van der Waals surface area contributed by atoms with Gasteiger partial charge in [-0.1, -0.05) is 11.6 Å². The lowest BCUT2D eigenvalue weighted by Gasteiger charge is -2.18. The summed E-state index contributed by atoms with van der Waals surface area (Å²) < 4.78 is 0. The van der Waals surface area contributed by atoms with E-state index in [9.17, 15) is 14.4 Å². The molecule has 0 radical (unpaired) electrons. The van der Waals surface area contributed by atoms with Gasteiger partial charge in [0.2, 0.25) is 5.91 Å². The van der Waals surface area contributed by atoms with Crippen LogP contribution < -0.4 is 0 Å². The van der Waals surface area contributed by atoms with Crippen LogP contribution in [0.1, 0.15) is 6.42 Å². The minimum atomic E-state index is -1.24. The number of thioether (sulfide) groups is 1. The Hall–Kier alpha value is -1.73. The van der Waals surface area contributed by atoms with Gasteiger partial charge in [-0.05, 0) is 24.3 Å². The molecule has 1 aromatic carbocycles. The van der Waals surface area contributed by atoms with E-state index in [2.05, 4.69) is 0 Å².